The smallest absolute Gasteiger partial charge is 0.240 e. The largest absolute Gasteiger partial charge is 0.355 e. The minimum atomic E-state index is -0.205. The van der Waals surface area contributed by atoms with Gasteiger partial charge in [-0.25, -0.2) is 0 Å². The van der Waals surface area contributed by atoms with Crippen LogP contribution in [0.4, 0.5) is 0 Å². The number of thioether (sulfide) groups is 1. The van der Waals surface area contributed by atoms with Gasteiger partial charge in [-0.3, -0.25) is 9.59 Å². The highest BCUT2D eigenvalue weighted by molar-refractivity contribution is 9.10. The molecule has 6 heteroatoms. The summed E-state index contributed by atoms with van der Waals surface area (Å²) in [6.45, 7) is 0.813. The van der Waals surface area contributed by atoms with Gasteiger partial charge in [0.15, 0.2) is 0 Å². The average Bonchev–Trinajstić information content (AvgIpc) is 2.79. The molecule has 2 aromatic carbocycles. The summed E-state index contributed by atoms with van der Waals surface area (Å²) in [4.78, 5) is 25.9. The van der Waals surface area contributed by atoms with Crippen molar-refractivity contribution in [3.63, 3.8) is 0 Å². The van der Waals surface area contributed by atoms with Crippen LogP contribution in [0.3, 0.4) is 0 Å². The van der Waals surface area contributed by atoms with E-state index in [4.69, 9.17) is 0 Å². The van der Waals surface area contributed by atoms with Gasteiger partial charge in [0.1, 0.15) is 16.7 Å². The van der Waals surface area contributed by atoms with E-state index >= 15 is 0 Å². The SMILES string of the molecule is O=C(CN1C(=O)[C@H](Br)[C@H]1SCc1ccccc1)NCCCCCCc1ccccc1. The van der Waals surface area contributed by atoms with Gasteiger partial charge < -0.3 is 10.2 Å². The van der Waals surface area contributed by atoms with Crippen molar-refractivity contribution in [3.05, 3.63) is 71.8 Å². The van der Waals surface area contributed by atoms with Gasteiger partial charge in [-0.15, -0.1) is 11.8 Å². The maximum absolute atomic E-state index is 12.3. The third-order valence-electron chi connectivity index (χ3n) is 5.21. The normalized spacial score (nSPS) is 18.2. The lowest BCUT2D eigenvalue weighted by Crippen LogP contribution is -2.62. The molecule has 1 fully saturated rings. The van der Waals surface area contributed by atoms with Gasteiger partial charge in [0.2, 0.25) is 11.8 Å². The minimum Gasteiger partial charge on any atom is -0.355 e. The van der Waals surface area contributed by atoms with Crippen LogP contribution in [0.2, 0.25) is 0 Å². The van der Waals surface area contributed by atoms with Crippen molar-refractivity contribution in [1.82, 2.24) is 10.2 Å². The molecule has 0 aliphatic carbocycles. The Morgan fingerprint density at radius 1 is 0.933 bits per heavy atom. The molecular weight excluding hydrogens is 460 g/mol. The highest BCUT2D eigenvalue weighted by Gasteiger charge is 2.46. The van der Waals surface area contributed by atoms with Crippen LogP contribution in [0.1, 0.15) is 36.8 Å². The van der Waals surface area contributed by atoms with Crippen molar-refractivity contribution in [1.29, 1.82) is 0 Å². The van der Waals surface area contributed by atoms with Crippen LogP contribution < -0.4 is 5.32 Å². The summed E-state index contributed by atoms with van der Waals surface area (Å²) in [6.07, 6.45) is 5.53. The van der Waals surface area contributed by atoms with E-state index in [0.717, 1.165) is 25.0 Å². The Balaban J connectivity index is 1.28. The third-order valence-corrected chi connectivity index (χ3v) is 7.82. The molecule has 30 heavy (non-hydrogen) atoms. The molecule has 160 valence electrons. The Morgan fingerprint density at radius 2 is 1.57 bits per heavy atom. The van der Waals surface area contributed by atoms with Crippen LogP contribution in [0.25, 0.3) is 0 Å². The fourth-order valence-electron chi connectivity index (χ4n) is 3.47. The molecule has 2 atom stereocenters. The predicted octanol–water partition coefficient (Wildman–Crippen LogP) is 4.77. The number of hydrogen-bond donors (Lipinski definition) is 1. The summed E-state index contributed by atoms with van der Waals surface area (Å²) in [6, 6.07) is 20.7. The number of hydrogen-bond acceptors (Lipinski definition) is 3. The highest BCUT2D eigenvalue weighted by Crippen LogP contribution is 2.36. The molecule has 4 nitrogen and oxygen atoms in total. The molecule has 1 saturated heterocycles. The lowest BCUT2D eigenvalue weighted by Gasteiger charge is -2.43. The highest BCUT2D eigenvalue weighted by atomic mass is 79.9. The molecular formula is C24H29BrN2O2S. The third kappa shape index (κ3) is 6.88. The molecule has 3 rings (SSSR count). The van der Waals surface area contributed by atoms with Crippen molar-refractivity contribution in [2.45, 2.75) is 48.1 Å². The Hall–Kier alpha value is -1.79. The number of alkyl halides is 1. The number of nitrogens with one attached hydrogen (secondary N) is 1. The zero-order valence-electron chi connectivity index (χ0n) is 17.1. The molecule has 1 N–H and O–H groups in total. The number of halogens is 1. The second-order valence-electron chi connectivity index (χ2n) is 7.55. The van der Waals surface area contributed by atoms with E-state index in [9.17, 15) is 9.59 Å². The first-order valence-electron chi connectivity index (χ1n) is 10.6. The van der Waals surface area contributed by atoms with Gasteiger partial charge in [0, 0.05) is 12.3 Å². The molecule has 0 aromatic heterocycles. The molecule has 0 radical (unpaired) electrons. The number of rotatable bonds is 12. The molecule has 0 bridgehead atoms. The van der Waals surface area contributed by atoms with Gasteiger partial charge in [-0.05, 0) is 30.4 Å². The standard InChI is InChI=1S/C24H29BrN2O2S/c25-22-23(29)27(24(22)30-18-20-14-8-4-9-15-20)17-21(28)26-16-10-2-1-5-11-19-12-6-3-7-13-19/h3-4,6-9,12-15,22,24H,1-2,5,10-11,16-18H2,(H,26,28)/t22-,24+/m0/s1. The number of β-lactam (4-membered cyclic amide) rings is 1. The van der Waals surface area contributed by atoms with E-state index in [1.165, 1.54) is 24.0 Å². The fraction of sp³-hybridized carbons (Fsp3) is 0.417. The predicted molar refractivity (Wildman–Crippen MR) is 128 cm³/mol. The Bertz CT molecular complexity index is 803. The minimum absolute atomic E-state index is 0.00134. The fourth-order valence-corrected chi connectivity index (χ4v) is 5.68. The molecule has 1 aliphatic rings. The van der Waals surface area contributed by atoms with Crippen molar-refractivity contribution in [3.8, 4) is 0 Å². The van der Waals surface area contributed by atoms with Crippen molar-refractivity contribution in [2.24, 2.45) is 0 Å². The van der Waals surface area contributed by atoms with Crippen LogP contribution >= 0.6 is 27.7 Å². The second-order valence-corrected chi connectivity index (χ2v) is 9.65. The van der Waals surface area contributed by atoms with Crippen LogP contribution in [-0.4, -0.2) is 40.0 Å². The lowest BCUT2D eigenvalue weighted by atomic mass is 10.1. The zero-order chi connectivity index (χ0) is 21.2. The summed E-state index contributed by atoms with van der Waals surface area (Å²) in [5, 5.41) is 2.96. The number of carbonyl (C=O) groups is 2. The molecule has 0 unspecified atom stereocenters. The summed E-state index contributed by atoms with van der Waals surface area (Å²) in [7, 11) is 0. The quantitative estimate of drug-likeness (QED) is 0.266. The molecule has 0 spiro atoms. The Labute approximate surface area is 191 Å². The Morgan fingerprint density at radius 3 is 2.27 bits per heavy atom. The first-order valence-corrected chi connectivity index (χ1v) is 12.5. The number of benzene rings is 2. The van der Waals surface area contributed by atoms with Crippen LogP contribution in [-0.2, 0) is 21.8 Å². The zero-order valence-corrected chi connectivity index (χ0v) is 19.5. The van der Waals surface area contributed by atoms with Crippen molar-refractivity contribution in [2.75, 3.05) is 13.1 Å². The van der Waals surface area contributed by atoms with Gasteiger partial charge >= 0.3 is 0 Å². The first kappa shape index (κ1) is 22.9. The number of amides is 2. The van der Waals surface area contributed by atoms with Gasteiger partial charge in [-0.2, -0.15) is 0 Å². The monoisotopic (exact) mass is 488 g/mol. The van der Waals surface area contributed by atoms with Crippen LogP contribution in [0, 0.1) is 0 Å². The molecule has 0 saturated carbocycles. The van der Waals surface area contributed by atoms with E-state index in [1.54, 1.807) is 16.7 Å². The summed E-state index contributed by atoms with van der Waals surface area (Å²) in [5.74, 6) is 0.746. The first-order chi connectivity index (χ1) is 14.6. The molecule has 1 aliphatic heterocycles. The maximum Gasteiger partial charge on any atom is 0.240 e. The van der Waals surface area contributed by atoms with Crippen molar-refractivity contribution < 1.29 is 9.59 Å². The number of unbranched alkanes of at least 4 members (excludes halogenated alkanes) is 3. The second kappa shape index (κ2) is 12.2. The molecule has 1 heterocycles. The maximum atomic E-state index is 12.3. The molecule has 2 amide bonds. The van der Waals surface area contributed by atoms with Gasteiger partial charge in [0.25, 0.3) is 0 Å². The van der Waals surface area contributed by atoms with E-state index in [2.05, 4.69) is 57.6 Å². The van der Waals surface area contributed by atoms with Crippen LogP contribution in [0.15, 0.2) is 60.7 Å². The summed E-state index contributed by atoms with van der Waals surface area (Å²) >= 11 is 5.15. The van der Waals surface area contributed by atoms with E-state index in [1.807, 2.05) is 24.3 Å². The summed E-state index contributed by atoms with van der Waals surface area (Å²) in [5.41, 5.74) is 2.60. The number of carbonyl (C=O) groups excluding carboxylic acids is 2. The van der Waals surface area contributed by atoms with Crippen molar-refractivity contribution >= 4 is 39.5 Å². The van der Waals surface area contributed by atoms with E-state index in [-0.39, 0.29) is 28.6 Å². The van der Waals surface area contributed by atoms with E-state index < -0.39 is 0 Å². The lowest BCUT2D eigenvalue weighted by molar-refractivity contribution is -0.144. The average molecular weight is 489 g/mol. The van der Waals surface area contributed by atoms with Gasteiger partial charge in [0.05, 0.1) is 0 Å². The van der Waals surface area contributed by atoms with E-state index in [0.29, 0.717) is 6.54 Å². The molecule has 2 aromatic rings. The summed E-state index contributed by atoms with van der Waals surface area (Å²) < 4.78 is 0. The van der Waals surface area contributed by atoms with Crippen LogP contribution in [0.5, 0.6) is 0 Å². The number of likely N-dealkylation sites (tertiary alicyclic amines) is 1. The topological polar surface area (TPSA) is 49.4 Å². The van der Waals surface area contributed by atoms with Gasteiger partial charge in [-0.1, -0.05) is 89.4 Å². The Kier molecular flexibility index (Phi) is 9.27. The number of nitrogens with zero attached hydrogens (tertiary/aromatic N) is 1. The number of aryl methyl sites for hydroxylation is 1.